The summed E-state index contributed by atoms with van der Waals surface area (Å²) in [4.78, 5) is 2.36. The fraction of sp³-hybridized carbons (Fsp3) is 0.562. The molecule has 0 aromatic heterocycles. The molecule has 2 rings (SSSR count). The Hall–Kier alpha value is -1.09. The minimum Gasteiger partial charge on any atom is -0.344 e. The van der Waals surface area contributed by atoms with Crippen LogP contribution in [0.2, 0.25) is 0 Å². The highest BCUT2D eigenvalue weighted by molar-refractivity contribution is 7.80. The molecule has 1 heterocycles. The van der Waals surface area contributed by atoms with Crippen LogP contribution in [0.3, 0.4) is 0 Å². The molecular formula is C16H24N2S. The lowest BCUT2D eigenvalue weighted by Crippen LogP contribution is -2.49. The molecule has 1 aliphatic rings. The Balaban J connectivity index is 2.11. The van der Waals surface area contributed by atoms with Crippen LogP contribution in [0.15, 0.2) is 18.2 Å². The number of aryl methyl sites for hydroxylation is 2. The lowest BCUT2D eigenvalue weighted by atomic mass is 9.98. The second-order valence-corrected chi connectivity index (χ2v) is 6.17. The predicted octanol–water partition coefficient (Wildman–Crippen LogP) is 4.26. The number of nitrogens with one attached hydrogen (secondary N) is 1. The van der Waals surface area contributed by atoms with Gasteiger partial charge in [-0.05, 0) is 70.8 Å². The van der Waals surface area contributed by atoms with Gasteiger partial charge in [-0.25, -0.2) is 0 Å². The van der Waals surface area contributed by atoms with Crippen molar-refractivity contribution < 1.29 is 0 Å². The SMILES string of the molecule is Cc1ccc(NC(=S)N2C(C)CCCC2C)c(C)c1. The molecule has 1 fully saturated rings. The van der Waals surface area contributed by atoms with Gasteiger partial charge in [0.25, 0.3) is 0 Å². The summed E-state index contributed by atoms with van der Waals surface area (Å²) < 4.78 is 0. The van der Waals surface area contributed by atoms with Gasteiger partial charge in [-0.2, -0.15) is 0 Å². The fourth-order valence-corrected chi connectivity index (χ4v) is 3.43. The Kier molecular flexibility index (Phi) is 4.46. The lowest BCUT2D eigenvalue weighted by molar-refractivity contribution is 0.194. The highest BCUT2D eigenvalue weighted by Gasteiger charge is 2.26. The number of anilines is 1. The Morgan fingerprint density at radius 2 is 1.84 bits per heavy atom. The van der Waals surface area contributed by atoms with E-state index >= 15 is 0 Å². The standard InChI is InChI=1S/C16H24N2S/c1-11-8-9-15(12(2)10-11)17-16(19)18-13(3)6-5-7-14(18)4/h8-10,13-14H,5-7H2,1-4H3,(H,17,19). The molecule has 0 spiro atoms. The van der Waals surface area contributed by atoms with Gasteiger partial charge in [-0.1, -0.05) is 17.7 Å². The van der Waals surface area contributed by atoms with E-state index in [4.69, 9.17) is 12.2 Å². The van der Waals surface area contributed by atoms with E-state index in [9.17, 15) is 0 Å². The van der Waals surface area contributed by atoms with E-state index in [-0.39, 0.29) is 0 Å². The molecule has 3 heteroatoms. The molecule has 1 aromatic carbocycles. The molecule has 2 nitrogen and oxygen atoms in total. The number of benzene rings is 1. The van der Waals surface area contributed by atoms with E-state index in [1.807, 2.05) is 0 Å². The maximum absolute atomic E-state index is 5.62. The van der Waals surface area contributed by atoms with Crippen molar-refractivity contribution in [2.45, 2.75) is 59.0 Å². The summed E-state index contributed by atoms with van der Waals surface area (Å²) in [7, 11) is 0. The quantitative estimate of drug-likeness (QED) is 0.771. The molecule has 0 aliphatic carbocycles. The molecule has 0 amide bonds. The first kappa shape index (κ1) is 14.3. The predicted molar refractivity (Wildman–Crippen MR) is 86.8 cm³/mol. The normalized spacial score (nSPS) is 23.3. The summed E-state index contributed by atoms with van der Waals surface area (Å²) >= 11 is 5.62. The van der Waals surface area contributed by atoms with E-state index in [1.165, 1.54) is 30.4 Å². The van der Waals surface area contributed by atoms with Crippen molar-refractivity contribution >= 4 is 23.0 Å². The first-order valence-corrected chi connectivity index (χ1v) is 7.56. The molecule has 0 saturated carbocycles. The molecular weight excluding hydrogens is 252 g/mol. The van der Waals surface area contributed by atoms with Crippen LogP contribution in [0.25, 0.3) is 0 Å². The smallest absolute Gasteiger partial charge is 0.173 e. The van der Waals surface area contributed by atoms with Gasteiger partial charge in [0.15, 0.2) is 5.11 Å². The van der Waals surface area contributed by atoms with Gasteiger partial charge in [0.2, 0.25) is 0 Å². The van der Waals surface area contributed by atoms with Crippen LogP contribution in [0.4, 0.5) is 5.69 Å². The Bertz CT molecular complexity index is 460. The zero-order valence-corrected chi connectivity index (χ0v) is 13.2. The molecule has 19 heavy (non-hydrogen) atoms. The van der Waals surface area contributed by atoms with Crippen LogP contribution in [-0.2, 0) is 0 Å². The Labute approximate surface area is 122 Å². The van der Waals surface area contributed by atoms with E-state index in [2.05, 4.69) is 56.1 Å². The Morgan fingerprint density at radius 3 is 2.42 bits per heavy atom. The summed E-state index contributed by atoms with van der Waals surface area (Å²) in [6.45, 7) is 8.78. The van der Waals surface area contributed by atoms with Crippen molar-refractivity contribution in [1.82, 2.24) is 4.90 Å². The summed E-state index contributed by atoms with van der Waals surface area (Å²) in [5.74, 6) is 0. The third kappa shape index (κ3) is 3.27. The number of nitrogens with zero attached hydrogens (tertiary/aromatic N) is 1. The molecule has 1 aromatic rings. The first-order valence-electron chi connectivity index (χ1n) is 7.15. The second kappa shape index (κ2) is 5.91. The van der Waals surface area contributed by atoms with Gasteiger partial charge >= 0.3 is 0 Å². The van der Waals surface area contributed by atoms with E-state index in [0.29, 0.717) is 12.1 Å². The van der Waals surface area contributed by atoms with Crippen LogP contribution in [-0.4, -0.2) is 22.1 Å². The molecule has 2 atom stereocenters. The zero-order valence-electron chi connectivity index (χ0n) is 12.4. The molecule has 1 aliphatic heterocycles. The van der Waals surface area contributed by atoms with Gasteiger partial charge in [-0.3, -0.25) is 0 Å². The number of thiocarbonyl (C=S) groups is 1. The molecule has 0 bridgehead atoms. The van der Waals surface area contributed by atoms with Gasteiger partial charge in [0.1, 0.15) is 0 Å². The first-order chi connectivity index (χ1) is 8.99. The molecule has 1 saturated heterocycles. The van der Waals surface area contributed by atoms with Crippen molar-refractivity contribution in [1.29, 1.82) is 0 Å². The monoisotopic (exact) mass is 276 g/mol. The van der Waals surface area contributed by atoms with Gasteiger partial charge in [0.05, 0.1) is 0 Å². The van der Waals surface area contributed by atoms with Crippen LogP contribution in [0.1, 0.15) is 44.2 Å². The lowest BCUT2D eigenvalue weighted by Gasteiger charge is -2.41. The summed E-state index contributed by atoms with van der Waals surface area (Å²) in [6, 6.07) is 7.51. The minimum atomic E-state index is 0.537. The number of piperidine rings is 1. The van der Waals surface area contributed by atoms with Gasteiger partial charge in [0, 0.05) is 17.8 Å². The molecule has 1 N–H and O–H groups in total. The summed E-state index contributed by atoms with van der Waals surface area (Å²) in [5, 5.41) is 4.29. The van der Waals surface area contributed by atoms with Crippen molar-refractivity contribution in [3.63, 3.8) is 0 Å². The minimum absolute atomic E-state index is 0.537. The zero-order chi connectivity index (χ0) is 14.0. The number of likely N-dealkylation sites (tertiary alicyclic amines) is 1. The third-order valence-corrected chi connectivity index (χ3v) is 4.36. The van der Waals surface area contributed by atoms with Crippen molar-refractivity contribution in [3.05, 3.63) is 29.3 Å². The van der Waals surface area contributed by atoms with E-state index in [0.717, 1.165) is 10.8 Å². The largest absolute Gasteiger partial charge is 0.344 e. The van der Waals surface area contributed by atoms with Crippen molar-refractivity contribution in [2.24, 2.45) is 0 Å². The second-order valence-electron chi connectivity index (χ2n) is 5.78. The topological polar surface area (TPSA) is 15.3 Å². The fourth-order valence-electron chi connectivity index (χ4n) is 2.96. The van der Waals surface area contributed by atoms with Crippen LogP contribution in [0.5, 0.6) is 0 Å². The summed E-state index contributed by atoms with van der Waals surface area (Å²) in [5.41, 5.74) is 3.66. The van der Waals surface area contributed by atoms with Crippen LogP contribution in [0, 0.1) is 13.8 Å². The highest BCUT2D eigenvalue weighted by Crippen LogP contribution is 2.24. The average molecular weight is 276 g/mol. The van der Waals surface area contributed by atoms with Crippen molar-refractivity contribution in [3.8, 4) is 0 Å². The molecule has 2 unspecified atom stereocenters. The number of hydrogen-bond donors (Lipinski definition) is 1. The van der Waals surface area contributed by atoms with Gasteiger partial charge < -0.3 is 10.2 Å². The average Bonchev–Trinajstić information content (AvgIpc) is 2.32. The number of rotatable bonds is 1. The number of hydrogen-bond acceptors (Lipinski definition) is 1. The Morgan fingerprint density at radius 1 is 1.21 bits per heavy atom. The van der Waals surface area contributed by atoms with E-state index in [1.54, 1.807) is 0 Å². The van der Waals surface area contributed by atoms with Crippen LogP contribution >= 0.6 is 12.2 Å². The maximum Gasteiger partial charge on any atom is 0.173 e. The van der Waals surface area contributed by atoms with E-state index < -0.39 is 0 Å². The highest BCUT2D eigenvalue weighted by atomic mass is 32.1. The third-order valence-electron chi connectivity index (χ3n) is 4.05. The van der Waals surface area contributed by atoms with Crippen molar-refractivity contribution in [2.75, 3.05) is 5.32 Å². The summed E-state index contributed by atoms with van der Waals surface area (Å²) in [6.07, 6.45) is 3.78. The molecule has 0 radical (unpaired) electrons. The van der Waals surface area contributed by atoms with Crippen LogP contribution < -0.4 is 5.32 Å². The molecule has 104 valence electrons. The van der Waals surface area contributed by atoms with Gasteiger partial charge in [-0.15, -0.1) is 0 Å². The maximum atomic E-state index is 5.62.